The highest BCUT2D eigenvalue weighted by Gasteiger charge is 2.20. The van der Waals surface area contributed by atoms with E-state index < -0.39 is 0 Å². The fourth-order valence-electron chi connectivity index (χ4n) is 5.48. The molecule has 2 aromatic rings. The largest absolute Gasteiger partial charge is 0.456 e. The molecule has 32 heavy (non-hydrogen) atoms. The lowest BCUT2D eigenvalue weighted by atomic mass is 9.93. The summed E-state index contributed by atoms with van der Waals surface area (Å²) >= 11 is 0. The van der Waals surface area contributed by atoms with Crippen LogP contribution in [0.5, 0.6) is 0 Å². The summed E-state index contributed by atoms with van der Waals surface area (Å²) in [5.41, 5.74) is 5.98. The molecule has 6 rings (SSSR count). The third-order valence-corrected chi connectivity index (χ3v) is 7.19. The summed E-state index contributed by atoms with van der Waals surface area (Å²) in [6.45, 7) is 4.57. The maximum absolute atomic E-state index is 6.62. The predicted octanol–water partition coefficient (Wildman–Crippen LogP) is 6.15. The van der Waals surface area contributed by atoms with Gasteiger partial charge in [0.15, 0.2) is 0 Å². The fourth-order valence-corrected chi connectivity index (χ4v) is 5.48. The maximum Gasteiger partial charge on any atom is 0.203 e. The Labute approximate surface area is 190 Å². The van der Waals surface area contributed by atoms with E-state index in [-0.39, 0.29) is 0 Å². The number of rotatable bonds is 2. The van der Waals surface area contributed by atoms with E-state index >= 15 is 0 Å². The van der Waals surface area contributed by atoms with E-state index in [0.717, 1.165) is 37.5 Å². The maximum atomic E-state index is 6.62. The van der Waals surface area contributed by atoms with Gasteiger partial charge in [-0.15, -0.1) is 0 Å². The molecule has 0 bridgehead atoms. The van der Waals surface area contributed by atoms with Crippen LogP contribution in [0.1, 0.15) is 38.5 Å². The molecule has 0 unspecified atom stereocenters. The summed E-state index contributed by atoms with van der Waals surface area (Å²) in [7, 11) is 0. The van der Waals surface area contributed by atoms with Crippen molar-refractivity contribution in [3.8, 4) is 22.5 Å². The van der Waals surface area contributed by atoms with Gasteiger partial charge in [0.1, 0.15) is 24.4 Å². The number of anilines is 1. The van der Waals surface area contributed by atoms with Crippen LogP contribution in [-0.2, 0) is 0 Å². The van der Waals surface area contributed by atoms with Gasteiger partial charge in [0.2, 0.25) is 5.36 Å². The Morgan fingerprint density at radius 1 is 0.719 bits per heavy atom. The van der Waals surface area contributed by atoms with Crippen LogP contribution in [0.2, 0.25) is 0 Å². The van der Waals surface area contributed by atoms with Gasteiger partial charge in [-0.2, -0.15) is 0 Å². The van der Waals surface area contributed by atoms with Crippen LogP contribution >= 0.6 is 0 Å². The Kier molecular flexibility index (Phi) is 5.18. The molecule has 3 heteroatoms. The zero-order valence-electron chi connectivity index (χ0n) is 18.7. The molecule has 0 amide bonds. The van der Waals surface area contributed by atoms with Gasteiger partial charge in [-0.1, -0.05) is 30.3 Å². The third-order valence-electron chi connectivity index (χ3n) is 7.19. The second-order valence-corrected chi connectivity index (χ2v) is 9.30. The summed E-state index contributed by atoms with van der Waals surface area (Å²) in [5, 5.41) is 2.47. The van der Waals surface area contributed by atoms with Gasteiger partial charge in [0.25, 0.3) is 0 Å². The average molecular weight is 424 g/mol. The molecule has 0 atom stereocenters. The highest BCUT2D eigenvalue weighted by Crippen LogP contribution is 2.40. The van der Waals surface area contributed by atoms with Crippen LogP contribution in [0.3, 0.4) is 0 Å². The molecule has 0 spiro atoms. The Bertz CT molecular complexity index is 1270. The van der Waals surface area contributed by atoms with Gasteiger partial charge in [0.05, 0.1) is 6.07 Å². The van der Waals surface area contributed by atoms with Gasteiger partial charge in [-0.25, -0.2) is 4.58 Å². The zero-order valence-corrected chi connectivity index (χ0v) is 18.7. The van der Waals surface area contributed by atoms with E-state index in [0.29, 0.717) is 0 Å². The molecule has 2 saturated heterocycles. The highest BCUT2D eigenvalue weighted by molar-refractivity contribution is 6.02. The quantitative estimate of drug-likeness (QED) is 0.284. The van der Waals surface area contributed by atoms with E-state index in [1.165, 1.54) is 71.6 Å². The molecule has 0 radical (unpaired) electrons. The van der Waals surface area contributed by atoms with Gasteiger partial charge < -0.3 is 9.32 Å². The first-order chi connectivity index (χ1) is 15.9. The summed E-state index contributed by atoms with van der Waals surface area (Å²) in [4.78, 5) is 2.51. The molecule has 0 aromatic heterocycles. The molecule has 3 heterocycles. The van der Waals surface area contributed by atoms with E-state index in [2.05, 4.69) is 76.2 Å². The van der Waals surface area contributed by atoms with Gasteiger partial charge in [-0.05, 0) is 49.4 Å². The van der Waals surface area contributed by atoms with Crippen molar-refractivity contribution in [1.29, 1.82) is 0 Å². The Morgan fingerprint density at radius 2 is 1.50 bits per heavy atom. The summed E-state index contributed by atoms with van der Waals surface area (Å²) < 4.78 is 9.13. The van der Waals surface area contributed by atoms with Crippen molar-refractivity contribution in [2.45, 2.75) is 38.5 Å². The molecular formula is C29H31N2O+. The van der Waals surface area contributed by atoms with Crippen LogP contribution in [0.4, 0.5) is 5.69 Å². The SMILES string of the molecule is c1ccc(-c2c3ccc(=[N+]4CCCCC4)cc-3oc3cc(N4CCCCC4)ccc23)cc1. The van der Waals surface area contributed by atoms with Crippen molar-refractivity contribution in [3.63, 3.8) is 0 Å². The number of piperidine rings is 2. The van der Waals surface area contributed by atoms with Crippen LogP contribution in [0, 0.1) is 0 Å². The molecule has 162 valence electrons. The number of fused-ring (bicyclic) bond motifs is 2. The summed E-state index contributed by atoms with van der Waals surface area (Å²) in [6.07, 6.45) is 7.80. The van der Waals surface area contributed by atoms with E-state index in [1.807, 2.05) is 0 Å². The molecule has 0 N–H and O–H groups in total. The molecular weight excluding hydrogens is 392 g/mol. The molecule has 2 fully saturated rings. The van der Waals surface area contributed by atoms with Crippen molar-refractivity contribution in [1.82, 2.24) is 4.58 Å². The van der Waals surface area contributed by atoms with E-state index in [9.17, 15) is 0 Å². The molecule has 1 aliphatic carbocycles. The molecule has 4 aliphatic rings. The normalized spacial score (nSPS) is 17.2. The number of nitrogens with zero attached hydrogens (tertiary/aromatic N) is 2. The lowest BCUT2D eigenvalue weighted by Crippen LogP contribution is -2.34. The van der Waals surface area contributed by atoms with Gasteiger partial charge in [-0.3, -0.25) is 0 Å². The summed E-state index contributed by atoms with van der Waals surface area (Å²) in [6, 6.07) is 24.4. The van der Waals surface area contributed by atoms with Crippen LogP contribution in [-0.4, -0.2) is 26.2 Å². The van der Waals surface area contributed by atoms with Crippen LogP contribution < -0.4 is 14.8 Å². The Morgan fingerprint density at radius 3 is 2.31 bits per heavy atom. The van der Waals surface area contributed by atoms with E-state index in [1.54, 1.807) is 0 Å². The predicted molar refractivity (Wildman–Crippen MR) is 133 cm³/mol. The van der Waals surface area contributed by atoms with Gasteiger partial charge >= 0.3 is 0 Å². The standard InChI is InChI=1S/C29H31N2O/c1-4-10-22(11-5-1)29-25-14-12-23(30-16-6-2-7-17-30)20-27(25)32-28-21-24(13-15-26(28)29)31-18-8-3-9-19-31/h1,4-5,10-15,20-21H,2-3,6-9,16-19H2/q+1. The van der Waals surface area contributed by atoms with E-state index in [4.69, 9.17) is 4.42 Å². The number of benzene rings is 3. The lowest BCUT2D eigenvalue weighted by Gasteiger charge is -2.29. The second-order valence-electron chi connectivity index (χ2n) is 9.30. The highest BCUT2D eigenvalue weighted by atomic mass is 16.3. The van der Waals surface area contributed by atoms with Crippen molar-refractivity contribution in [2.75, 3.05) is 31.1 Å². The minimum atomic E-state index is 0.982. The molecule has 0 saturated carbocycles. The fraction of sp³-hybridized carbons (Fsp3) is 0.345. The van der Waals surface area contributed by atoms with Crippen LogP contribution in [0.25, 0.3) is 33.4 Å². The zero-order chi connectivity index (χ0) is 21.3. The number of hydrogen-bond donors (Lipinski definition) is 0. The first kappa shape index (κ1) is 19.6. The topological polar surface area (TPSA) is 19.4 Å². The first-order valence-electron chi connectivity index (χ1n) is 12.3. The van der Waals surface area contributed by atoms with Crippen molar-refractivity contribution in [2.24, 2.45) is 0 Å². The third kappa shape index (κ3) is 3.60. The average Bonchev–Trinajstić information content (AvgIpc) is 2.88. The lowest BCUT2D eigenvalue weighted by molar-refractivity contribution is 0.451. The second kappa shape index (κ2) is 8.46. The minimum absolute atomic E-state index is 0.982. The number of hydrogen-bond acceptors (Lipinski definition) is 2. The molecule has 2 aromatic carbocycles. The monoisotopic (exact) mass is 423 g/mol. The minimum Gasteiger partial charge on any atom is -0.456 e. The summed E-state index contributed by atoms with van der Waals surface area (Å²) in [5.74, 6) is 0.982. The van der Waals surface area contributed by atoms with Gasteiger partial charge in [0, 0.05) is 60.3 Å². The Balaban J connectivity index is 1.59. The van der Waals surface area contributed by atoms with Crippen LogP contribution in [0.15, 0.2) is 71.1 Å². The van der Waals surface area contributed by atoms with Crippen molar-refractivity contribution < 1.29 is 4.42 Å². The molecule has 3 nitrogen and oxygen atoms in total. The van der Waals surface area contributed by atoms with Crippen molar-refractivity contribution in [3.05, 3.63) is 72.1 Å². The first-order valence-corrected chi connectivity index (χ1v) is 12.3. The Hall–Kier alpha value is -3.07. The molecule has 3 aliphatic heterocycles. The van der Waals surface area contributed by atoms with Crippen molar-refractivity contribution >= 4 is 16.7 Å². The smallest absolute Gasteiger partial charge is 0.203 e.